The fourth-order valence-corrected chi connectivity index (χ4v) is 7.10. The zero-order chi connectivity index (χ0) is 34.2. The standard InChI is InChI=1S/C36H39Br2N3O5S/c1-5-46-31-18-16-30(17-19-31)41(47(44,45)32-20-14-28(37)15-21-32)25-34(42)40(24-27-12-9-13-29(38)22-27)33(35(43)39-36(2,3)4)23-26-10-7-6-8-11-26/h6-22,33H,5,23-25H2,1-4H3,(H,39,43). The SMILES string of the molecule is CCOc1ccc(N(CC(=O)N(Cc2cccc(Br)c2)C(Cc2ccccc2)C(=O)NC(C)(C)C)S(=O)(=O)c2ccc(Br)cc2)cc1. The molecule has 0 fully saturated rings. The molecule has 8 nitrogen and oxygen atoms in total. The molecule has 0 aliphatic carbocycles. The number of nitrogens with zero attached hydrogens (tertiary/aromatic N) is 2. The number of halogens is 2. The fourth-order valence-electron chi connectivity index (χ4n) is 4.98. The molecule has 1 atom stereocenters. The Morgan fingerprint density at radius 3 is 2.06 bits per heavy atom. The van der Waals surface area contributed by atoms with Gasteiger partial charge in [0.25, 0.3) is 10.0 Å². The van der Waals surface area contributed by atoms with Gasteiger partial charge in [0.05, 0.1) is 17.2 Å². The van der Waals surface area contributed by atoms with Crippen molar-refractivity contribution in [3.05, 3.63) is 123 Å². The summed E-state index contributed by atoms with van der Waals surface area (Å²) < 4.78 is 36.6. The molecule has 4 aromatic rings. The third-order valence-corrected chi connectivity index (χ3v) is 9.94. The molecule has 2 amide bonds. The van der Waals surface area contributed by atoms with Gasteiger partial charge in [-0.3, -0.25) is 13.9 Å². The van der Waals surface area contributed by atoms with E-state index in [1.165, 1.54) is 17.0 Å². The van der Waals surface area contributed by atoms with Crippen molar-refractivity contribution in [2.24, 2.45) is 0 Å². The van der Waals surface area contributed by atoms with E-state index in [1.54, 1.807) is 36.4 Å². The summed E-state index contributed by atoms with van der Waals surface area (Å²) in [6.07, 6.45) is 0.227. The molecule has 47 heavy (non-hydrogen) atoms. The van der Waals surface area contributed by atoms with Crippen LogP contribution in [0.1, 0.15) is 38.8 Å². The lowest BCUT2D eigenvalue weighted by Gasteiger charge is -2.35. The molecule has 4 rings (SSSR count). The lowest BCUT2D eigenvalue weighted by Crippen LogP contribution is -2.56. The molecule has 0 saturated carbocycles. The van der Waals surface area contributed by atoms with Gasteiger partial charge in [0, 0.05) is 27.4 Å². The van der Waals surface area contributed by atoms with Gasteiger partial charge in [-0.2, -0.15) is 0 Å². The first-order chi connectivity index (χ1) is 22.3. The molecule has 0 radical (unpaired) electrons. The Morgan fingerprint density at radius 1 is 0.830 bits per heavy atom. The Bertz CT molecular complexity index is 1760. The summed E-state index contributed by atoms with van der Waals surface area (Å²) in [5.74, 6) is -0.306. The minimum absolute atomic E-state index is 0.0206. The smallest absolute Gasteiger partial charge is 0.264 e. The van der Waals surface area contributed by atoms with E-state index in [4.69, 9.17) is 4.74 Å². The van der Waals surface area contributed by atoms with Crippen LogP contribution in [0.5, 0.6) is 5.75 Å². The van der Waals surface area contributed by atoms with E-state index in [0.29, 0.717) is 16.8 Å². The number of carbonyl (C=O) groups is 2. The molecule has 0 spiro atoms. The number of amides is 2. The number of carbonyl (C=O) groups excluding carboxylic acids is 2. The number of nitrogens with one attached hydrogen (secondary N) is 1. The highest BCUT2D eigenvalue weighted by Gasteiger charge is 2.35. The molecule has 0 aliphatic rings. The molecule has 248 valence electrons. The average molecular weight is 786 g/mol. The van der Waals surface area contributed by atoms with Gasteiger partial charge in [0.1, 0.15) is 18.3 Å². The van der Waals surface area contributed by atoms with Crippen molar-refractivity contribution >= 4 is 59.4 Å². The summed E-state index contributed by atoms with van der Waals surface area (Å²) in [6, 6.07) is 28.8. The van der Waals surface area contributed by atoms with Crippen LogP contribution in [0.4, 0.5) is 5.69 Å². The van der Waals surface area contributed by atoms with Crippen LogP contribution in [0.25, 0.3) is 0 Å². The second kappa shape index (κ2) is 16.0. The lowest BCUT2D eigenvalue weighted by molar-refractivity contribution is -0.140. The zero-order valence-electron chi connectivity index (χ0n) is 26.8. The monoisotopic (exact) mass is 783 g/mol. The number of hydrogen-bond donors (Lipinski definition) is 1. The topological polar surface area (TPSA) is 96.0 Å². The maximum Gasteiger partial charge on any atom is 0.264 e. The van der Waals surface area contributed by atoms with E-state index in [1.807, 2.05) is 82.3 Å². The highest BCUT2D eigenvalue weighted by Crippen LogP contribution is 2.28. The molecule has 0 aromatic heterocycles. The van der Waals surface area contributed by atoms with Crippen molar-refractivity contribution in [3.8, 4) is 5.75 Å². The highest BCUT2D eigenvalue weighted by molar-refractivity contribution is 9.10. The average Bonchev–Trinajstić information content (AvgIpc) is 3.02. The summed E-state index contributed by atoms with van der Waals surface area (Å²) in [7, 11) is -4.22. The minimum atomic E-state index is -4.22. The maximum absolute atomic E-state index is 14.6. The van der Waals surface area contributed by atoms with Gasteiger partial charge in [0.15, 0.2) is 0 Å². The number of sulfonamides is 1. The second-order valence-corrected chi connectivity index (χ2v) is 15.7. The number of rotatable bonds is 13. The third-order valence-electron chi connectivity index (χ3n) is 7.13. The van der Waals surface area contributed by atoms with Crippen LogP contribution in [-0.4, -0.2) is 49.9 Å². The normalized spacial score (nSPS) is 12.2. The summed E-state index contributed by atoms with van der Waals surface area (Å²) in [4.78, 5) is 30.1. The highest BCUT2D eigenvalue weighted by atomic mass is 79.9. The van der Waals surface area contributed by atoms with Crippen LogP contribution in [0, 0.1) is 0 Å². The molecule has 0 heterocycles. The summed E-state index contributed by atoms with van der Waals surface area (Å²) in [6.45, 7) is 7.47. The minimum Gasteiger partial charge on any atom is -0.494 e. The van der Waals surface area contributed by atoms with Gasteiger partial charge in [-0.1, -0.05) is 74.3 Å². The second-order valence-electron chi connectivity index (χ2n) is 12.0. The predicted octanol–water partition coefficient (Wildman–Crippen LogP) is 7.36. The van der Waals surface area contributed by atoms with Gasteiger partial charge in [-0.05, 0) is 99.5 Å². The van der Waals surface area contributed by atoms with Gasteiger partial charge in [-0.25, -0.2) is 8.42 Å². The van der Waals surface area contributed by atoms with Crippen molar-refractivity contribution in [3.63, 3.8) is 0 Å². The maximum atomic E-state index is 14.6. The van der Waals surface area contributed by atoms with Gasteiger partial charge in [-0.15, -0.1) is 0 Å². The van der Waals surface area contributed by atoms with Crippen LogP contribution in [0.3, 0.4) is 0 Å². The Labute approximate surface area is 294 Å². The van der Waals surface area contributed by atoms with E-state index < -0.39 is 34.1 Å². The Kier molecular flexibility index (Phi) is 12.3. The lowest BCUT2D eigenvalue weighted by atomic mass is 10.0. The van der Waals surface area contributed by atoms with Crippen LogP contribution in [0.15, 0.2) is 117 Å². The quantitative estimate of drug-likeness (QED) is 0.153. The van der Waals surface area contributed by atoms with Crippen molar-refractivity contribution in [2.45, 2.75) is 57.1 Å². The molecule has 11 heteroatoms. The van der Waals surface area contributed by atoms with E-state index in [0.717, 1.165) is 19.9 Å². The van der Waals surface area contributed by atoms with E-state index in [9.17, 15) is 18.0 Å². The molecule has 0 aliphatic heterocycles. The first-order valence-electron chi connectivity index (χ1n) is 15.2. The molecule has 1 N–H and O–H groups in total. The van der Waals surface area contributed by atoms with Crippen molar-refractivity contribution in [1.82, 2.24) is 10.2 Å². The molecule has 1 unspecified atom stereocenters. The molecule has 4 aromatic carbocycles. The fraction of sp³-hybridized carbons (Fsp3) is 0.278. The van der Waals surface area contributed by atoms with Crippen LogP contribution >= 0.6 is 31.9 Å². The van der Waals surface area contributed by atoms with Crippen LogP contribution in [0.2, 0.25) is 0 Å². The van der Waals surface area contributed by atoms with Gasteiger partial charge >= 0.3 is 0 Å². The summed E-state index contributed by atoms with van der Waals surface area (Å²) >= 11 is 6.88. The zero-order valence-corrected chi connectivity index (χ0v) is 30.8. The van der Waals surface area contributed by atoms with Crippen molar-refractivity contribution in [1.29, 1.82) is 0 Å². The van der Waals surface area contributed by atoms with Gasteiger partial charge in [0.2, 0.25) is 11.8 Å². The van der Waals surface area contributed by atoms with Crippen molar-refractivity contribution < 1.29 is 22.7 Å². The van der Waals surface area contributed by atoms with Crippen LogP contribution < -0.4 is 14.4 Å². The Balaban J connectivity index is 1.82. The van der Waals surface area contributed by atoms with E-state index in [-0.39, 0.29) is 29.5 Å². The molecule has 0 bridgehead atoms. The molecular formula is C36H39Br2N3O5S. The number of benzene rings is 4. The molecule has 0 saturated heterocycles. The largest absolute Gasteiger partial charge is 0.494 e. The number of anilines is 1. The van der Waals surface area contributed by atoms with Crippen LogP contribution in [-0.2, 0) is 32.6 Å². The number of hydrogen-bond acceptors (Lipinski definition) is 5. The summed E-state index contributed by atoms with van der Waals surface area (Å²) in [5.41, 5.74) is 1.35. The Morgan fingerprint density at radius 2 is 1.47 bits per heavy atom. The first-order valence-corrected chi connectivity index (χ1v) is 18.2. The Hall–Kier alpha value is -3.67. The number of ether oxygens (including phenoxy) is 1. The van der Waals surface area contributed by atoms with Crippen molar-refractivity contribution in [2.75, 3.05) is 17.5 Å². The third kappa shape index (κ3) is 10.2. The molecular weight excluding hydrogens is 746 g/mol. The summed E-state index contributed by atoms with van der Waals surface area (Å²) in [5, 5.41) is 3.04. The van der Waals surface area contributed by atoms with Gasteiger partial charge < -0.3 is 15.0 Å². The first kappa shape index (κ1) is 36.2. The predicted molar refractivity (Wildman–Crippen MR) is 193 cm³/mol. The van der Waals surface area contributed by atoms with E-state index >= 15 is 0 Å². The van der Waals surface area contributed by atoms with E-state index in [2.05, 4.69) is 37.2 Å².